The van der Waals surface area contributed by atoms with Crippen LogP contribution in [0.2, 0.25) is 0 Å². The maximum Gasteiger partial charge on any atom is 3.00 e. The predicted octanol–water partition coefficient (Wildman–Crippen LogP) is -5.26. The molecule has 0 amide bonds. The van der Waals surface area contributed by atoms with Crippen molar-refractivity contribution in [3.8, 4) is 0 Å². The Morgan fingerprint density at radius 2 is 1.29 bits per heavy atom. The van der Waals surface area contributed by atoms with Crippen LogP contribution in [0.3, 0.4) is 0 Å². The summed E-state index contributed by atoms with van der Waals surface area (Å²) >= 11 is 0. The number of carboxylic acids is 3. The van der Waals surface area contributed by atoms with E-state index in [0.29, 0.717) is 0 Å². The molecule has 0 aromatic heterocycles. The van der Waals surface area contributed by atoms with Crippen LogP contribution in [0.15, 0.2) is 0 Å². The fourth-order valence-corrected chi connectivity index (χ4v) is 0.684. The van der Waals surface area contributed by atoms with Gasteiger partial charge in [0, 0.05) is 24.8 Å². The summed E-state index contributed by atoms with van der Waals surface area (Å²) in [6.45, 7) is 0. The molecule has 0 saturated heterocycles. The summed E-state index contributed by atoms with van der Waals surface area (Å²) in [5.74, 6) is -5.98. The summed E-state index contributed by atoms with van der Waals surface area (Å²) in [5.41, 5.74) is -2.97. The van der Waals surface area contributed by atoms with Crippen LogP contribution in [0.4, 0.5) is 0 Å². The minimum atomic E-state index is -2.97. The van der Waals surface area contributed by atoms with Gasteiger partial charge in [0.05, 0.1) is 5.97 Å². The van der Waals surface area contributed by atoms with E-state index in [1.165, 1.54) is 0 Å². The molecule has 1 N–H and O–H groups in total. The second-order valence-electron chi connectivity index (χ2n) is 2.42. The van der Waals surface area contributed by atoms with E-state index < -0.39 is 36.4 Å². The molecule has 0 aromatic rings. The molecule has 0 aromatic carbocycles. The molecule has 77 valence electrons. The standard InChI is InChI=1S/C6H8O7.Cr/c7-3(8)1-6(13,5(11)12)2-4(9)10;/h13H,1-2H2,(H,7,8)(H,9,10)(H,11,12);/q;+3/p-3. The summed E-state index contributed by atoms with van der Waals surface area (Å²) < 4.78 is 0. The summed E-state index contributed by atoms with van der Waals surface area (Å²) in [6.07, 6.45) is -2.72. The van der Waals surface area contributed by atoms with Gasteiger partial charge in [-0.1, -0.05) is 0 Å². The van der Waals surface area contributed by atoms with Crippen LogP contribution < -0.4 is 15.3 Å². The quantitative estimate of drug-likeness (QED) is 0.506. The van der Waals surface area contributed by atoms with E-state index in [1.54, 1.807) is 0 Å². The molecule has 14 heavy (non-hydrogen) atoms. The summed E-state index contributed by atoms with van der Waals surface area (Å²) in [5, 5.41) is 38.9. The van der Waals surface area contributed by atoms with Crippen molar-refractivity contribution in [3.05, 3.63) is 0 Å². The number of rotatable bonds is 5. The van der Waals surface area contributed by atoms with Gasteiger partial charge >= 0.3 is 17.4 Å². The Morgan fingerprint density at radius 1 is 1.00 bits per heavy atom. The molecule has 0 spiro atoms. The van der Waals surface area contributed by atoms with E-state index in [9.17, 15) is 29.7 Å². The van der Waals surface area contributed by atoms with Gasteiger partial charge in [0.25, 0.3) is 0 Å². The van der Waals surface area contributed by atoms with Crippen molar-refractivity contribution in [1.29, 1.82) is 0 Å². The Kier molecular flexibility index (Phi) is 6.15. The van der Waals surface area contributed by atoms with Gasteiger partial charge in [0.1, 0.15) is 5.60 Å². The maximum absolute atomic E-state index is 10.1. The van der Waals surface area contributed by atoms with Gasteiger partial charge < -0.3 is 34.8 Å². The van der Waals surface area contributed by atoms with Crippen molar-refractivity contribution in [3.63, 3.8) is 0 Å². The average Bonchev–Trinajstić information content (AvgIpc) is 1.82. The van der Waals surface area contributed by atoms with Crippen LogP contribution in [0, 0.1) is 0 Å². The minimum absolute atomic E-state index is 0. The van der Waals surface area contributed by atoms with E-state index in [1.807, 2.05) is 0 Å². The summed E-state index contributed by atoms with van der Waals surface area (Å²) in [7, 11) is 0. The van der Waals surface area contributed by atoms with Gasteiger partial charge in [-0.05, 0) is 0 Å². The van der Waals surface area contributed by atoms with Crippen molar-refractivity contribution < 1.29 is 52.2 Å². The molecule has 8 heteroatoms. The zero-order chi connectivity index (χ0) is 10.6. The normalized spacial score (nSPS) is 10.1. The number of carboxylic acid groups (broad SMARTS) is 3. The Hall–Kier alpha value is -1.10. The minimum Gasteiger partial charge on any atom is -0.550 e. The zero-order valence-electron chi connectivity index (χ0n) is 6.72. The van der Waals surface area contributed by atoms with Crippen molar-refractivity contribution in [2.45, 2.75) is 18.4 Å². The van der Waals surface area contributed by atoms with Gasteiger partial charge in [-0.25, -0.2) is 0 Å². The van der Waals surface area contributed by atoms with Crippen LogP contribution in [0.5, 0.6) is 0 Å². The van der Waals surface area contributed by atoms with E-state index in [2.05, 4.69) is 0 Å². The second-order valence-corrected chi connectivity index (χ2v) is 2.42. The third-order valence-electron chi connectivity index (χ3n) is 1.25. The molecule has 0 saturated carbocycles. The molecular weight excluding hydrogens is 236 g/mol. The first-order chi connectivity index (χ1) is 5.78. The van der Waals surface area contributed by atoms with E-state index >= 15 is 0 Å². The first-order valence-electron chi connectivity index (χ1n) is 3.11. The first-order valence-corrected chi connectivity index (χ1v) is 3.11. The summed E-state index contributed by atoms with van der Waals surface area (Å²) in [4.78, 5) is 30.0. The number of aliphatic carboxylic acids is 3. The molecule has 0 heterocycles. The Balaban J connectivity index is 0. The van der Waals surface area contributed by atoms with Crippen LogP contribution >= 0.6 is 0 Å². The Morgan fingerprint density at radius 3 is 1.43 bits per heavy atom. The van der Waals surface area contributed by atoms with Crippen LogP contribution in [-0.4, -0.2) is 28.6 Å². The van der Waals surface area contributed by atoms with Gasteiger partial charge in [-0.15, -0.1) is 0 Å². The molecule has 0 aliphatic rings. The van der Waals surface area contributed by atoms with E-state index in [4.69, 9.17) is 5.11 Å². The molecular formula is C6H5CrO7. The van der Waals surface area contributed by atoms with Crippen molar-refractivity contribution >= 4 is 17.9 Å². The Bertz CT molecular complexity index is 233. The Labute approximate surface area is 89.1 Å². The van der Waals surface area contributed by atoms with Crippen molar-refractivity contribution in [2.75, 3.05) is 0 Å². The summed E-state index contributed by atoms with van der Waals surface area (Å²) in [6, 6.07) is 0. The molecule has 0 aliphatic heterocycles. The number of carbonyl (C=O) groups excluding carboxylic acids is 3. The van der Waals surface area contributed by atoms with Crippen LogP contribution in [0.25, 0.3) is 0 Å². The molecule has 1 radical (unpaired) electrons. The van der Waals surface area contributed by atoms with Gasteiger partial charge in [-0.2, -0.15) is 0 Å². The molecule has 7 nitrogen and oxygen atoms in total. The van der Waals surface area contributed by atoms with Gasteiger partial charge in [0.2, 0.25) is 0 Å². The van der Waals surface area contributed by atoms with Gasteiger partial charge in [-0.3, -0.25) is 0 Å². The number of hydrogen-bond acceptors (Lipinski definition) is 7. The first kappa shape index (κ1) is 15.4. The number of aliphatic hydroxyl groups is 1. The molecule has 0 rings (SSSR count). The third kappa shape index (κ3) is 4.81. The topological polar surface area (TPSA) is 141 Å². The molecule has 0 fully saturated rings. The predicted molar refractivity (Wildman–Crippen MR) is 29.2 cm³/mol. The molecule has 0 atom stereocenters. The monoisotopic (exact) mass is 241 g/mol. The third-order valence-corrected chi connectivity index (χ3v) is 1.25. The van der Waals surface area contributed by atoms with E-state index in [-0.39, 0.29) is 17.4 Å². The molecule has 0 aliphatic carbocycles. The largest absolute Gasteiger partial charge is 3.00 e. The van der Waals surface area contributed by atoms with E-state index in [0.717, 1.165) is 0 Å². The molecule has 0 unspecified atom stereocenters. The number of hydrogen-bond donors (Lipinski definition) is 1. The molecule has 0 bridgehead atoms. The average molecular weight is 241 g/mol. The van der Waals surface area contributed by atoms with Gasteiger partial charge in [0.15, 0.2) is 0 Å². The fraction of sp³-hybridized carbons (Fsp3) is 0.500. The number of carbonyl (C=O) groups is 3. The van der Waals surface area contributed by atoms with Crippen molar-refractivity contribution in [2.24, 2.45) is 0 Å². The zero-order valence-corrected chi connectivity index (χ0v) is 7.99. The van der Waals surface area contributed by atoms with Crippen LogP contribution in [0.1, 0.15) is 12.8 Å². The van der Waals surface area contributed by atoms with Crippen LogP contribution in [-0.2, 0) is 31.7 Å². The van der Waals surface area contributed by atoms with Crippen molar-refractivity contribution in [1.82, 2.24) is 0 Å². The fourth-order valence-electron chi connectivity index (χ4n) is 0.684. The maximum atomic E-state index is 10.1. The second kappa shape index (κ2) is 5.59. The smallest absolute Gasteiger partial charge is 0.550 e. The SMILES string of the molecule is O=C([O-])CC(O)(CC(=O)[O-])C(=O)[O-].[Cr+3].